The van der Waals surface area contributed by atoms with Crippen LogP contribution in [0.4, 0.5) is 10.1 Å². The van der Waals surface area contributed by atoms with Crippen LogP contribution in [0.3, 0.4) is 0 Å². The number of fused-ring (bicyclic) bond motifs is 2. The van der Waals surface area contributed by atoms with Crippen LogP contribution in [0.5, 0.6) is 11.5 Å². The molecule has 4 aromatic rings. The van der Waals surface area contributed by atoms with Gasteiger partial charge < -0.3 is 19.7 Å². The van der Waals surface area contributed by atoms with Gasteiger partial charge in [0.2, 0.25) is 17.7 Å². The van der Waals surface area contributed by atoms with Gasteiger partial charge >= 0.3 is 0 Å². The molecule has 1 saturated heterocycles. The van der Waals surface area contributed by atoms with Crippen LogP contribution in [0, 0.1) is 5.82 Å². The highest BCUT2D eigenvalue weighted by Gasteiger charge is 2.44. The standard InChI is InChI=1S/C44H48FN7O10S/c1-4-62-37-21-26(15-17-36(37)61-2)35(25-63(3,59)60)52-43(57)28-12-11-13-32(40(28)44(52)58)46-38(53)14-9-7-5-6-8-10-19-50-24-33(48-49-50)30-20-27-23-51(42(56)29(27)22-31(30)45)34-16-18-39(54)47-41(34)55/h11-13,15,17,20-22,24,34-35H,4-10,14,16,18-19,23,25H2,1-3H3,(H,46,53)(H,47,54,55)/t34?,35-/m1/s1. The number of ether oxygens (including phenoxy) is 2. The smallest absolute Gasteiger partial charge is 0.264 e. The summed E-state index contributed by atoms with van der Waals surface area (Å²) in [6, 6.07) is 10.1. The van der Waals surface area contributed by atoms with Crippen molar-refractivity contribution in [3.05, 3.63) is 88.4 Å². The predicted molar refractivity (Wildman–Crippen MR) is 226 cm³/mol. The Labute approximate surface area is 363 Å². The molecule has 7 rings (SSSR count). The molecule has 0 aliphatic carbocycles. The molecule has 1 unspecified atom stereocenters. The molecule has 2 atom stereocenters. The van der Waals surface area contributed by atoms with Gasteiger partial charge in [-0.3, -0.25) is 43.7 Å². The van der Waals surface area contributed by atoms with Crippen LogP contribution in [-0.4, -0.2) is 100 Å². The summed E-state index contributed by atoms with van der Waals surface area (Å²) in [5.41, 5.74) is 1.85. The lowest BCUT2D eigenvalue weighted by atomic mass is 10.0. The molecule has 3 aliphatic heterocycles. The number of rotatable bonds is 19. The molecule has 63 heavy (non-hydrogen) atoms. The van der Waals surface area contributed by atoms with Gasteiger partial charge in [-0.15, -0.1) is 5.10 Å². The van der Waals surface area contributed by atoms with E-state index in [0.717, 1.165) is 49.3 Å². The van der Waals surface area contributed by atoms with Gasteiger partial charge in [0.15, 0.2) is 11.5 Å². The van der Waals surface area contributed by atoms with Crippen molar-refractivity contribution >= 4 is 51.0 Å². The number of carbonyl (C=O) groups excluding carboxylic acids is 6. The summed E-state index contributed by atoms with van der Waals surface area (Å²) in [7, 11) is -2.23. The summed E-state index contributed by atoms with van der Waals surface area (Å²) in [5, 5.41) is 13.3. The second-order valence-electron chi connectivity index (χ2n) is 15.8. The summed E-state index contributed by atoms with van der Waals surface area (Å²) < 4.78 is 53.1. The van der Waals surface area contributed by atoms with Gasteiger partial charge in [-0.05, 0) is 73.7 Å². The number of benzene rings is 3. The average Bonchev–Trinajstić information content (AvgIpc) is 3.91. The Morgan fingerprint density at radius 1 is 0.937 bits per heavy atom. The largest absolute Gasteiger partial charge is 0.493 e. The zero-order valence-corrected chi connectivity index (χ0v) is 36.0. The van der Waals surface area contributed by atoms with Crippen molar-refractivity contribution in [3.63, 3.8) is 0 Å². The van der Waals surface area contributed by atoms with Crippen LogP contribution in [-0.2, 0) is 37.3 Å². The lowest BCUT2D eigenvalue weighted by Crippen LogP contribution is -2.52. The van der Waals surface area contributed by atoms with Crippen LogP contribution >= 0.6 is 0 Å². The number of aryl methyl sites for hydroxylation is 1. The molecular weight excluding hydrogens is 838 g/mol. The van der Waals surface area contributed by atoms with Gasteiger partial charge in [0.05, 0.1) is 48.5 Å². The van der Waals surface area contributed by atoms with Crippen molar-refractivity contribution in [2.45, 2.75) is 89.9 Å². The molecule has 3 aliphatic rings. The fraction of sp³-hybridized carbons (Fsp3) is 0.409. The maximum atomic E-state index is 15.2. The van der Waals surface area contributed by atoms with E-state index in [2.05, 4.69) is 20.9 Å². The summed E-state index contributed by atoms with van der Waals surface area (Å²) in [6.45, 7) is 2.74. The van der Waals surface area contributed by atoms with E-state index in [4.69, 9.17) is 9.47 Å². The molecular formula is C44H48FN7O10S. The summed E-state index contributed by atoms with van der Waals surface area (Å²) in [4.78, 5) is 80.1. The highest BCUT2D eigenvalue weighted by molar-refractivity contribution is 7.90. The molecule has 0 spiro atoms. The Morgan fingerprint density at radius 3 is 2.43 bits per heavy atom. The summed E-state index contributed by atoms with van der Waals surface area (Å²) in [5.74, 6) is -3.53. The number of hydrogen-bond donors (Lipinski definition) is 2. The lowest BCUT2D eigenvalue weighted by Gasteiger charge is -2.29. The maximum Gasteiger partial charge on any atom is 0.264 e. The number of sulfone groups is 1. The number of imide groups is 2. The first kappa shape index (κ1) is 44.6. The first-order chi connectivity index (χ1) is 30.2. The van der Waals surface area contributed by atoms with Gasteiger partial charge in [0.25, 0.3) is 17.7 Å². The first-order valence-electron chi connectivity index (χ1n) is 20.8. The molecule has 2 N–H and O–H groups in total. The van der Waals surface area contributed by atoms with E-state index in [1.807, 2.05) is 0 Å². The SMILES string of the molecule is CCOc1cc([C@@H](CS(C)(=O)=O)N2C(=O)c3cccc(NC(=O)CCCCCCCCn4cc(-c5cc6c(cc5F)C(=O)N(C5CCC(=O)NC5=O)C6)nn4)c3C2=O)ccc1OC. The quantitative estimate of drug-likeness (QED) is 0.0940. The second kappa shape index (κ2) is 18.9. The van der Waals surface area contributed by atoms with E-state index in [1.54, 1.807) is 54.2 Å². The summed E-state index contributed by atoms with van der Waals surface area (Å²) >= 11 is 0. The zero-order valence-electron chi connectivity index (χ0n) is 35.1. The molecule has 3 aromatic carbocycles. The van der Waals surface area contributed by atoms with Gasteiger partial charge in [-0.25, -0.2) is 12.8 Å². The second-order valence-corrected chi connectivity index (χ2v) is 18.0. The number of methoxy groups -OCH3 is 1. The molecule has 0 saturated carbocycles. The van der Waals surface area contributed by atoms with Gasteiger partial charge in [-0.2, -0.15) is 0 Å². The van der Waals surface area contributed by atoms with Crippen LogP contribution in [0.25, 0.3) is 11.3 Å². The topological polar surface area (TPSA) is 216 Å². The van der Waals surface area contributed by atoms with Crippen molar-refractivity contribution in [2.75, 3.05) is 31.0 Å². The Bertz CT molecular complexity index is 2600. The van der Waals surface area contributed by atoms with E-state index in [1.165, 1.54) is 18.1 Å². The van der Waals surface area contributed by atoms with Crippen molar-refractivity contribution in [1.82, 2.24) is 30.1 Å². The van der Waals surface area contributed by atoms with Crippen molar-refractivity contribution in [2.24, 2.45) is 0 Å². The molecule has 6 amide bonds. The van der Waals surface area contributed by atoms with E-state index >= 15 is 4.39 Å². The Hall–Kier alpha value is -6.50. The van der Waals surface area contributed by atoms with E-state index < -0.39 is 57.1 Å². The lowest BCUT2D eigenvalue weighted by molar-refractivity contribution is -0.137. The Morgan fingerprint density at radius 2 is 1.70 bits per heavy atom. The van der Waals surface area contributed by atoms with Gasteiger partial charge in [-0.1, -0.05) is 43.0 Å². The molecule has 0 bridgehead atoms. The number of nitrogens with one attached hydrogen (secondary N) is 2. The van der Waals surface area contributed by atoms with E-state index in [0.29, 0.717) is 47.9 Å². The molecule has 17 nitrogen and oxygen atoms in total. The number of anilines is 1. The number of hydrogen-bond acceptors (Lipinski definition) is 12. The number of halogens is 1. The predicted octanol–water partition coefficient (Wildman–Crippen LogP) is 5.00. The fourth-order valence-corrected chi connectivity index (χ4v) is 9.18. The summed E-state index contributed by atoms with van der Waals surface area (Å²) in [6.07, 6.45) is 7.98. The number of aromatic nitrogens is 3. The number of carbonyl (C=O) groups is 6. The minimum atomic E-state index is -3.69. The Kier molecular flexibility index (Phi) is 13.3. The third-order valence-corrected chi connectivity index (χ3v) is 12.3. The van der Waals surface area contributed by atoms with Crippen LogP contribution in [0.2, 0.25) is 0 Å². The normalized spacial score (nSPS) is 16.6. The van der Waals surface area contributed by atoms with Crippen molar-refractivity contribution in [3.8, 4) is 22.8 Å². The van der Waals surface area contributed by atoms with Crippen LogP contribution in [0.1, 0.15) is 113 Å². The number of unbranched alkanes of at least 4 members (excludes halogenated alkanes) is 5. The molecule has 1 fully saturated rings. The molecule has 4 heterocycles. The molecule has 19 heteroatoms. The monoisotopic (exact) mass is 885 g/mol. The minimum Gasteiger partial charge on any atom is -0.493 e. The number of piperidine rings is 1. The zero-order chi connectivity index (χ0) is 45.0. The molecule has 332 valence electrons. The van der Waals surface area contributed by atoms with Crippen molar-refractivity contribution in [1.29, 1.82) is 0 Å². The van der Waals surface area contributed by atoms with Gasteiger partial charge in [0.1, 0.15) is 27.4 Å². The van der Waals surface area contributed by atoms with Crippen LogP contribution in [0.15, 0.2) is 54.7 Å². The molecule has 1 aromatic heterocycles. The minimum absolute atomic E-state index is 0.000307. The highest BCUT2D eigenvalue weighted by atomic mass is 32.2. The Balaban J connectivity index is 0.870. The fourth-order valence-electron chi connectivity index (χ4n) is 8.26. The third kappa shape index (κ3) is 9.77. The third-order valence-electron chi connectivity index (χ3n) is 11.3. The number of nitrogens with zero attached hydrogens (tertiary/aromatic N) is 5. The van der Waals surface area contributed by atoms with E-state index in [-0.39, 0.29) is 65.6 Å². The van der Waals surface area contributed by atoms with Crippen LogP contribution < -0.4 is 20.1 Å². The average molecular weight is 886 g/mol. The van der Waals surface area contributed by atoms with E-state index in [9.17, 15) is 37.2 Å². The van der Waals surface area contributed by atoms with Gasteiger partial charge in [0, 0.05) is 43.3 Å². The molecule has 0 radical (unpaired) electrons. The first-order valence-corrected chi connectivity index (χ1v) is 22.9. The van der Waals surface area contributed by atoms with Crippen molar-refractivity contribution < 1.29 is 51.0 Å². The maximum absolute atomic E-state index is 15.2. The number of amides is 6. The highest BCUT2D eigenvalue weighted by Crippen LogP contribution is 2.39.